The molecule has 116 valence electrons. The molecule has 1 saturated heterocycles. The molecule has 0 bridgehead atoms. The first kappa shape index (κ1) is 14.5. The third-order valence-corrected chi connectivity index (χ3v) is 3.73. The molecule has 2 N–H and O–H groups in total. The van der Waals surface area contributed by atoms with Crippen molar-refractivity contribution in [1.82, 2.24) is 20.8 Å². The lowest BCUT2D eigenvalue weighted by Gasteiger charge is -2.13. The van der Waals surface area contributed by atoms with E-state index < -0.39 is 0 Å². The Morgan fingerprint density at radius 1 is 1.41 bits per heavy atom. The average Bonchev–Trinajstić information content (AvgIpc) is 3.16. The molecule has 0 radical (unpaired) electrons. The van der Waals surface area contributed by atoms with Crippen LogP contribution < -0.4 is 15.5 Å². The minimum Gasteiger partial charge on any atom is -0.336 e. The lowest BCUT2D eigenvalue weighted by molar-refractivity contribution is 0.252. The lowest BCUT2D eigenvalue weighted by Crippen LogP contribution is -2.27. The summed E-state index contributed by atoms with van der Waals surface area (Å²) in [6, 6.07) is 7.79. The van der Waals surface area contributed by atoms with Gasteiger partial charge in [0, 0.05) is 36.8 Å². The van der Waals surface area contributed by atoms with Gasteiger partial charge in [-0.05, 0) is 38.2 Å². The second-order valence-corrected chi connectivity index (χ2v) is 5.34. The van der Waals surface area contributed by atoms with Crippen LogP contribution in [0.4, 0.5) is 10.5 Å². The molecule has 1 unspecified atom stereocenters. The molecular weight excluding hydrogens is 282 g/mol. The third-order valence-electron chi connectivity index (χ3n) is 3.73. The first-order chi connectivity index (χ1) is 10.7. The van der Waals surface area contributed by atoms with Crippen LogP contribution in [0, 0.1) is 0 Å². The Bertz CT molecular complexity index is 652. The Morgan fingerprint density at radius 2 is 2.18 bits per heavy atom. The number of likely N-dealkylation sites (N-methyl/N-ethyl adjacent to an activating group) is 1. The Labute approximate surface area is 128 Å². The van der Waals surface area contributed by atoms with Crippen molar-refractivity contribution in [2.45, 2.75) is 19.4 Å². The molecule has 0 spiro atoms. The van der Waals surface area contributed by atoms with Gasteiger partial charge in [-0.15, -0.1) is 0 Å². The van der Waals surface area contributed by atoms with Crippen LogP contribution in [0.25, 0.3) is 11.5 Å². The predicted molar refractivity (Wildman–Crippen MR) is 82.7 cm³/mol. The number of carbonyl (C=O) groups is 1. The number of carbonyl (C=O) groups excluding carboxylic acids is 1. The van der Waals surface area contributed by atoms with E-state index in [0.717, 1.165) is 11.3 Å². The summed E-state index contributed by atoms with van der Waals surface area (Å²) >= 11 is 0. The fourth-order valence-corrected chi connectivity index (χ4v) is 2.33. The van der Waals surface area contributed by atoms with Crippen molar-refractivity contribution in [2.24, 2.45) is 0 Å². The smallest absolute Gasteiger partial charge is 0.321 e. The SMILES string of the molecule is CNC(C)Cc1noc(-c2ccc(N3CCNC3=O)cc2)n1. The molecule has 7 heteroatoms. The fourth-order valence-electron chi connectivity index (χ4n) is 2.33. The van der Waals surface area contributed by atoms with Gasteiger partial charge in [-0.2, -0.15) is 4.98 Å². The molecule has 1 aliphatic rings. The van der Waals surface area contributed by atoms with Crippen LogP contribution in [0.1, 0.15) is 12.7 Å². The molecule has 0 saturated carbocycles. The number of benzene rings is 1. The van der Waals surface area contributed by atoms with Gasteiger partial charge in [0.2, 0.25) is 0 Å². The first-order valence-corrected chi connectivity index (χ1v) is 7.33. The van der Waals surface area contributed by atoms with Crippen molar-refractivity contribution in [3.8, 4) is 11.5 Å². The molecule has 1 aliphatic heterocycles. The van der Waals surface area contributed by atoms with E-state index in [2.05, 4.69) is 27.7 Å². The second-order valence-electron chi connectivity index (χ2n) is 5.34. The highest BCUT2D eigenvalue weighted by Crippen LogP contribution is 2.23. The Morgan fingerprint density at radius 3 is 2.82 bits per heavy atom. The van der Waals surface area contributed by atoms with Crippen LogP contribution >= 0.6 is 0 Å². The molecule has 3 rings (SSSR count). The van der Waals surface area contributed by atoms with Gasteiger partial charge in [-0.25, -0.2) is 4.79 Å². The largest absolute Gasteiger partial charge is 0.336 e. The van der Waals surface area contributed by atoms with Crippen molar-refractivity contribution in [1.29, 1.82) is 0 Å². The van der Waals surface area contributed by atoms with Gasteiger partial charge in [0.1, 0.15) is 0 Å². The highest BCUT2D eigenvalue weighted by Gasteiger charge is 2.21. The van der Waals surface area contributed by atoms with Crippen LogP contribution in [0.3, 0.4) is 0 Å². The number of amides is 2. The molecule has 7 nitrogen and oxygen atoms in total. The molecular formula is C15H19N5O2. The second kappa shape index (κ2) is 6.15. The number of urea groups is 1. The number of aromatic nitrogens is 2. The van der Waals surface area contributed by atoms with Crippen LogP contribution in [0.15, 0.2) is 28.8 Å². The zero-order chi connectivity index (χ0) is 15.5. The number of rotatable bonds is 5. The molecule has 1 fully saturated rings. The molecule has 22 heavy (non-hydrogen) atoms. The van der Waals surface area contributed by atoms with Gasteiger partial charge in [0.25, 0.3) is 5.89 Å². The highest BCUT2D eigenvalue weighted by atomic mass is 16.5. The maximum Gasteiger partial charge on any atom is 0.321 e. The number of nitrogens with one attached hydrogen (secondary N) is 2. The van der Waals surface area contributed by atoms with Gasteiger partial charge >= 0.3 is 6.03 Å². The van der Waals surface area contributed by atoms with E-state index in [4.69, 9.17) is 4.52 Å². The quantitative estimate of drug-likeness (QED) is 0.872. The van der Waals surface area contributed by atoms with Crippen LogP contribution in [0.5, 0.6) is 0 Å². The standard InChI is InChI=1S/C15H19N5O2/c1-10(16-2)9-13-18-14(22-19-13)11-3-5-12(6-4-11)20-8-7-17-15(20)21/h3-6,10,16H,7-9H2,1-2H3,(H,17,21). The van der Waals surface area contributed by atoms with Crippen molar-refractivity contribution >= 4 is 11.7 Å². The summed E-state index contributed by atoms with van der Waals surface area (Å²) in [5.74, 6) is 1.18. The minimum atomic E-state index is -0.0612. The van der Waals surface area contributed by atoms with E-state index in [9.17, 15) is 4.79 Å². The van der Waals surface area contributed by atoms with E-state index in [-0.39, 0.29) is 6.03 Å². The predicted octanol–water partition coefficient (Wildman–Crippen LogP) is 1.42. The molecule has 1 aromatic carbocycles. The molecule has 2 aromatic rings. The Hall–Kier alpha value is -2.41. The Balaban J connectivity index is 1.74. The van der Waals surface area contributed by atoms with E-state index in [1.54, 1.807) is 4.90 Å². The topological polar surface area (TPSA) is 83.3 Å². The van der Waals surface area contributed by atoms with E-state index in [0.29, 0.717) is 37.3 Å². The maximum atomic E-state index is 11.6. The van der Waals surface area contributed by atoms with Gasteiger partial charge < -0.3 is 15.2 Å². The summed E-state index contributed by atoms with van der Waals surface area (Å²) < 4.78 is 5.30. The fraction of sp³-hybridized carbons (Fsp3) is 0.400. The van der Waals surface area contributed by atoms with Crippen molar-refractivity contribution < 1.29 is 9.32 Å². The summed E-state index contributed by atoms with van der Waals surface area (Å²) in [5, 5.41) is 9.91. The Kier molecular flexibility index (Phi) is 4.06. The van der Waals surface area contributed by atoms with E-state index >= 15 is 0 Å². The molecule has 0 aliphatic carbocycles. The zero-order valence-corrected chi connectivity index (χ0v) is 12.7. The molecule has 1 atom stereocenters. The average molecular weight is 301 g/mol. The monoisotopic (exact) mass is 301 g/mol. The minimum absolute atomic E-state index is 0.0612. The maximum absolute atomic E-state index is 11.6. The third kappa shape index (κ3) is 2.94. The zero-order valence-electron chi connectivity index (χ0n) is 12.7. The van der Waals surface area contributed by atoms with Crippen molar-refractivity contribution in [3.05, 3.63) is 30.1 Å². The van der Waals surface area contributed by atoms with Crippen LogP contribution in [-0.4, -0.2) is 42.4 Å². The first-order valence-electron chi connectivity index (χ1n) is 7.33. The van der Waals surface area contributed by atoms with E-state index in [1.165, 1.54) is 0 Å². The number of nitrogens with zero attached hydrogens (tertiary/aromatic N) is 3. The lowest BCUT2D eigenvalue weighted by atomic mass is 10.2. The van der Waals surface area contributed by atoms with Crippen molar-refractivity contribution in [3.63, 3.8) is 0 Å². The summed E-state index contributed by atoms with van der Waals surface area (Å²) in [6.45, 7) is 3.42. The van der Waals surface area contributed by atoms with Crippen LogP contribution in [-0.2, 0) is 6.42 Å². The van der Waals surface area contributed by atoms with E-state index in [1.807, 2.05) is 31.3 Å². The number of hydrogen-bond donors (Lipinski definition) is 2. The van der Waals surface area contributed by atoms with Gasteiger partial charge in [0.05, 0.1) is 0 Å². The number of anilines is 1. The van der Waals surface area contributed by atoms with Gasteiger partial charge in [0.15, 0.2) is 5.82 Å². The van der Waals surface area contributed by atoms with Gasteiger partial charge in [-0.3, -0.25) is 4.90 Å². The highest BCUT2D eigenvalue weighted by molar-refractivity contribution is 5.94. The molecule has 2 amide bonds. The molecule has 2 heterocycles. The summed E-state index contributed by atoms with van der Waals surface area (Å²) in [7, 11) is 1.90. The van der Waals surface area contributed by atoms with Crippen LogP contribution in [0.2, 0.25) is 0 Å². The molecule has 1 aromatic heterocycles. The summed E-state index contributed by atoms with van der Waals surface area (Å²) in [6.07, 6.45) is 0.714. The van der Waals surface area contributed by atoms with Crippen molar-refractivity contribution in [2.75, 3.05) is 25.0 Å². The summed E-state index contributed by atoms with van der Waals surface area (Å²) in [4.78, 5) is 17.7. The van der Waals surface area contributed by atoms with Gasteiger partial charge in [-0.1, -0.05) is 5.16 Å². The summed E-state index contributed by atoms with van der Waals surface area (Å²) in [5.41, 5.74) is 1.71. The number of hydrogen-bond acceptors (Lipinski definition) is 5. The normalized spacial score (nSPS) is 15.9.